The molecule has 4 aromatic rings. The van der Waals surface area contributed by atoms with Gasteiger partial charge in [-0.2, -0.15) is 0 Å². The molecule has 1 heterocycles. The average molecular weight is 409 g/mol. The molecule has 0 fully saturated rings. The van der Waals surface area contributed by atoms with Gasteiger partial charge in [-0.25, -0.2) is 4.68 Å². The molecule has 1 atom stereocenters. The lowest BCUT2D eigenvalue weighted by Crippen LogP contribution is -2.20. The highest BCUT2D eigenvalue weighted by atomic mass is 16.5. The summed E-state index contributed by atoms with van der Waals surface area (Å²) >= 11 is 0. The molecule has 1 aliphatic carbocycles. The Kier molecular flexibility index (Phi) is 5.00. The number of carbonyl (C=O) groups is 1. The molecular formula is C26H23N3O2. The van der Waals surface area contributed by atoms with Gasteiger partial charge in [-0.1, -0.05) is 48.5 Å². The molecule has 31 heavy (non-hydrogen) atoms. The third-order valence-electron chi connectivity index (χ3n) is 5.76. The number of anilines is 2. The molecule has 3 aromatic carbocycles. The van der Waals surface area contributed by atoms with Crippen molar-refractivity contribution in [3.05, 3.63) is 102 Å². The first-order valence-corrected chi connectivity index (χ1v) is 10.4. The van der Waals surface area contributed by atoms with Gasteiger partial charge in [0.2, 0.25) is 0 Å². The van der Waals surface area contributed by atoms with Gasteiger partial charge in [0.05, 0.1) is 24.1 Å². The molecule has 154 valence electrons. The number of benzene rings is 3. The number of ether oxygens (including phenoxy) is 1. The topological polar surface area (TPSA) is 56.1 Å². The number of hydrogen-bond acceptors (Lipinski definition) is 4. The largest absolute Gasteiger partial charge is 0.497 e. The van der Waals surface area contributed by atoms with Gasteiger partial charge < -0.3 is 10.1 Å². The summed E-state index contributed by atoms with van der Waals surface area (Å²) in [4.78, 5) is 13.3. The second kappa shape index (κ2) is 8.11. The standard InChI is InChI=1S/C26H23N3O2/c1-31-22-14-12-21(13-15-22)29-23-16-19(18-8-4-2-5-9-18)17-24(30)25(23)26(28-29)27-20-10-6-3-7-11-20/h2-15,19H,16-17H2,1H3,(H,27,28). The van der Waals surface area contributed by atoms with Crippen LogP contribution in [0.1, 0.15) is 34.0 Å². The van der Waals surface area contributed by atoms with Gasteiger partial charge in [-0.15, -0.1) is 5.10 Å². The molecule has 0 saturated heterocycles. The average Bonchev–Trinajstić information content (AvgIpc) is 3.19. The molecule has 0 radical (unpaired) electrons. The first kappa shape index (κ1) is 19.1. The number of hydrogen-bond donors (Lipinski definition) is 1. The van der Waals surface area contributed by atoms with Crippen LogP contribution in [0.5, 0.6) is 5.75 Å². The van der Waals surface area contributed by atoms with Crippen LogP contribution in [0, 0.1) is 0 Å². The lowest BCUT2D eigenvalue weighted by Gasteiger charge is -2.23. The minimum absolute atomic E-state index is 0.119. The van der Waals surface area contributed by atoms with Crippen LogP contribution in [0.2, 0.25) is 0 Å². The van der Waals surface area contributed by atoms with Crippen molar-refractivity contribution in [2.45, 2.75) is 18.8 Å². The molecule has 1 unspecified atom stereocenters. The van der Waals surface area contributed by atoms with Crippen LogP contribution in [-0.4, -0.2) is 22.7 Å². The van der Waals surface area contributed by atoms with Crippen LogP contribution in [0.3, 0.4) is 0 Å². The highest BCUT2D eigenvalue weighted by Gasteiger charge is 2.33. The number of ketones is 1. The van der Waals surface area contributed by atoms with Crippen LogP contribution in [-0.2, 0) is 6.42 Å². The van der Waals surface area contributed by atoms with Crippen LogP contribution < -0.4 is 10.1 Å². The van der Waals surface area contributed by atoms with Crippen LogP contribution in [0.25, 0.3) is 5.69 Å². The molecule has 0 bridgehead atoms. The number of nitrogens with one attached hydrogen (secondary N) is 1. The first-order valence-electron chi connectivity index (χ1n) is 10.4. The Morgan fingerprint density at radius 1 is 0.903 bits per heavy atom. The van der Waals surface area contributed by atoms with Gasteiger partial charge in [0.25, 0.3) is 0 Å². The number of fused-ring (bicyclic) bond motifs is 1. The summed E-state index contributed by atoms with van der Waals surface area (Å²) in [5, 5.41) is 8.19. The van der Waals surface area contributed by atoms with Gasteiger partial charge in [-0.05, 0) is 54.3 Å². The van der Waals surface area contributed by atoms with E-state index in [9.17, 15) is 4.79 Å². The predicted octanol–water partition coefficient (Wildman–Crippen LogP) is 5.54. The van der Waals surface area contributed by atoms with E-state index < -0.39 is 0 Å². The van der Waals surface area contributed by atoms with Crippen molar-refractivity contribution < 1.29 is 9.53 Å². The third-order valence-corrected chi connectivity index (χ3v) is 5.76. The van der Waals surface area contributed by atoms with Crippen molar-refractivity contribution in [3.63, 3.8) is 0 Å². The second-order valence-corrected chi connectivity index (χ2v) is 7.71. The van der Waals surface area contributed by atoms with Gasteiger partial charge >= 0.3 is 0 Å². The van der Waals surface area contributed by atoms with Gasteiger partial charge in [0.1, 0.15) is 5.75 Å². The molecule has 1 N–H and O–H groups in total. The van der Waals surface area contributed by atoms with Crippen molar-refractivity contribution in [1.29, 1.82) is 0 Å². The molecule has 1 aromatic heterocycles. The van der Waals surface area contributed by atoms with Crippen LogP contribution in [0.4, 0.5) is 11.5 Å². The van der Waals surface area contributed by atoms with Crippen molar-refractivity contribution in [2.24, 2.45) is 0 Å². The van der Waals surface area contributed by atoms with Crippen molar-refractivity contribution in [1.82, 2.24) is 9.78 Å². The Morgan fingerprint density at radius 2 is 1.58 bits per heavy atom. The van der Waals surface area contributed by atoms with Crippen molar-refractivity contribution in [2.75, 3.05) is 12.4 Å². The number of rotatable bonds is 5. The summed E-state index contributed by atoms with van der Waals surface area (Å²) < 4.78 is 7.19. The van der Waals surface area contributed by atoms with E-state index in [1.807, 2.05) is 77.5 Å². The Morgan fingerprint density at radius 3 is 2.26 bits per heavy atom. The van der Waals surface area contributed by atoms with E-state index in [-0.39, 0.29) is 11.7 Å². The normalized spacial score (nSPS) is 15.4. The smallest absolute Gasteiger partial charge is 0.169 e. The van der Waals surface area contributed by atoms with Gasteiger partial charge in [-0.3, -0.25) is 4.79 Å². The number of methoxy groups -OCH3 is 1. The maximum atomic E-state index is 13.3. The highest BCUT2D eigenvalue weighted by Crippen LogP contribution is 2.38. The van der Waals surface area contributed by atoms with E-state index in [2.05, 4.69) is 17.4 Å². The molecule has 0 spiro atoms. The lowest BCUT2D eigenvalue weighted by atomic mass is 9.82. The van der Waals surface area contributed by atoms with E-state index in [4.69, 9.17) is 9.84 Å². The summed E-state index contributed by atoms with van der Waals surface area (Å²) in [7, 11) is 1.65. The number of para-hydroxylation sites is 1. The molecule has 5 heteroatoms. The summed E-state index contributed by atoms with van der Waals surface area (Å²) in [5.41, 5.74) is 4.62. The monoisotopic (exact) mass is 409 g/mol. The number of Topliss-reactive ketones (excluding diaryl/α,β-unsaturated/α-hetero) is 1. The summed E-state index contributed by atoms with van der Waals surface area (Å²) in [6, 6.07) is 27.8. The highest BCUT2D eigenvalue weighted by molar-refractivity contribution is 6.03. The zero-order chi connectivity index (χ0) is 21.2. The quantitative estimate of drug-likeness (QED) is 0.470. The third kappa shape index (κ3) is 3.70. The van der Waals surface area contributed by atoms with E-state index in [1.165, 1.54) is 5.56 Å². The van der Waals surface area contributed by atoms with E-state index in [1.54, 1.807) is 7.11 Å². The molecule has 5 rings (SSSR count). The van der Waals surface area contributed by atoms with E-state index in [0.717, 1.165) is 29.2 Å². The van der Waals surface area contributed by atoms with Gasteiger partial charge in [0.15, 0.2) is 11.6 Å². The minimum Gasteiger partial charge on any atom is -0.497 e. The first-order chi connectivity index (χ1) is 15.2. The predicted molar refractivity (Wildman–Crippen MR) is 122 cm³/mol. The van der Waals surface area contributed by atoms with Crippen LogP contribution >= 0.6 is 0 Å². The Labute approximate surface area is 181 Å². The Bertz CT molecular complexity index is 1200. The molecule has 0 aliphatic heterocycles. The Hall–Kier alpha value is -3.86. The molecule has 5 nitrogen and oxygen atoms in total. The second-order valence-electron chi connectivity index (χ2n) is 7.71. The fourth-order valence-corrected chi connectivity index (χ4v) is 4.21. The number of aromatic nitrogens is 2. The summed E-state index contributed by atoms with van der Waals surface area (Å²) in [6.45, 7) is 0. The fraction of sp³-hybridized carbons (Fsp3) is 0.154. The van der Waals surface area contributed by atoms with Crippen LogP contribution in [0.15, 0.2) is 84.9 Å². The lowest BCUT2D eigenvalue weighted by molar-refractivity contribution is 0.0964. The van der Waals surface area contributed by atoms with Gasteiger partial charge in [0, 0.05) is 12.1 Å². The van der Waals surface area contributed by atoms with E-state index >= 15 is 0 Å². The SMILES string of the molecule is COc1ccc(-n2nc(Nc3ccccc3)c3c2CC(c2ccccc2)CC3=O)cc1. The fourth-order valence-electron chi connectivity index (χ4n) is 4.21. The van der Waals surface area contributed by atoms with E-state index in [0.29, 0.717) is 17.8 Å². The maximum absolute atomic E-state index is 13.3. The maximum Gasteiger partial charge on any atom is 0.169 e. The molecule has 0 saturated carbocycles. The Balaban J connectivity index is 1.60. The van der Waals surface area contributed by atoms with Crippen molar-refractivity contribution >= 4 is 17.3 Å². The minimum atomic E-state index is 0.119. The number of nitrogens with zero attached hydrogens (tertiary/aromatic N) is 2. The summed E-state index contributed by atoms with van der Waals surface area (Å²) in [5.74, 6) is 1.65. The molecular weight excluding hydrogens is 386 g/mol. The number of carbonyl (C=O) groups excluding carboxylic acids is 1. The molecule has 0 amide bonds. The zero-order valence-electron chi connectivity index (χ0n) is 17.3. The summed E-state index contributed by atoms with van der Waals surface area (Å²) in [6.07, 6.45) is 1.23. The molecule has 1 aliphatic rings. The zero-order valence-corrected chi connectivity index (χ0v) is 17.3. The van der Waals surface area contributed by atoms with Crippen molar-refractivity contribution in [3.8, 4) is 11.4 Å².